The van der Waals surface area contributed by atoms with Crippen molar-refractivity contribution in [3.63, 3.8) is 0 Å². The third-order valence-electron chi connectivity index (χ3n) is 1.92. The molecule has 0 amide bonds. The molecule has 0 rings (SSSR count). The predicted octanol–water partition coefficient (Wildman–Crippen LogP) is 2.96. The first-order valence-corrected chi connectivity index (χ1v) is 5.72. The lowest BCUT2D eigenvalue weighted by Crippen LogP contribution is -2.19. The highest BCUT2D eigenvalue weighted by Gasteiger charge is 1.95. The van der Waals surface area contributed by atoms with Gasteiger partial charge in [0.05, 0.1) is 0 Å². The molecule has 98 valence electrons. The zero-order valence-corrected chi connectivity index (χ0v) is 12.0. The second kappa shape index (κ2) is 12.5. The Hall–Kier alpha value is -1.58. The summed E-state index contributed by atoms with van der Waals surface area (Å²) in [6.07, 6.45) is 8.29. The highest BCUT2D eigenvalue weighted by atomic mass is 15.4. The standard InChI is InChI=1S/C7H14N2.C6H12N2/c1-5-7(8-3)9(4)6-2;1-4-6-8(3)7-5-2/h6H,2,5H2,1,3-4H3;4-6H,1-3H3/b;6-4-,7-5-. The zero-order valence-electron chi connectivity index (χ0n) is 12.0. The van der Waals surface area contributed by atoms with Crippen molar-refractivity contribution in [3.05, 3.63) is 25.1 Å². The van der Waals surface area contributed by atoms with Crippen molar-refractivity contribution < 1.29 is 0 Å². The minimum atomic E-state index is 0.957. The molecule has 0 saturated carbocycles. The quantitative estimate of drug-likeness (QED) is 0.428. The lowest BCUT2D eigenvalue weighted by atomic mass is 10.4. The second-order valence-electron chi connectivity index (χ2n) is 3.22. The van der Waals surface area contributed by atoms with Crippen LogP contribution in [0.1, 0.15) is 27.2 Å². The number of aliphatic imine (C=N–C) groups is 1. The highest BCUT2D eigenvalue weighted by Crippen LogP contribution is 1.91. The van der Waals surface area contributed by atoms with Gasteiger partial charge in [0.1, 0.15) is 5.84 Å². The van der Waals surface area contributed by atoms with Crippen molar-refractivity contribution in [2.75, 3.05) is 21.1 Å². The Morgan fingerprint density at radius 3 is 2.12 bits per heavy atom. The van der Waals surface area contributed by atoms with Crippen LogP contribution in [0.4, 0.5) is 0 Å². The summed E-state index contributed by atoms with van der Waals surface area (Å²) in [5.74, 6) is 1.06. The molecule has 0 aliphatic rings. The average Bonchev–Trinajstić information content (AvgIpc) is 2.32. The number of rotatable bonds is 4. The summed E-state index contributed by atoms with van der Waals surface area (Å²) in [5.41, 5.74) is 0. The molecule has 0 radical (unpaired) electrons. The molecule has 0 aliphatic heterocycles. The lowest BCUT2D eigenvalue weighted by Gasteiger charge is -2.13. The zero-order chi connectivity index (χ0) is 13.7. The van der Waals surface area contributed by atoms with Crippen LogP contribution in [0.3, 0.4) is 0 Å². The first-order chi connectivity index (χ1) is 8.06. The van der Waals surface area contributed by atoms with Gasteiger partial charge in [-0.2, -0.15) is 5.10 Å². The highest BCUT2D eigenvalue weighted by molar-refractivity contribution is 5.82. The molecule has 0 heterocycles. The molecule has 17 heavy (non-hydrogen) atoms. The summed E-state index contributed by atoms with van der Waals surface area (Å²) in [6.45, 7) is 9.54. The van der Waals surface area contributed by atoms with Gasteiger partial charge in [-0.05, 0) is 20.0 Å². The molecule has 4 heteroatoms. The van der Waals surface area contributed by atoms with E-state index in [1.807, 2.05) is 45.1 Å². The fourth-order valence-corrected chi connectivity index (χ4v) is 1.11. The Balaban J connectivity index is 0. The van der Waals surface area contributed by atoms with Crippen molar-refractivity contribution in [1.29, 1.82) is 0 Å². The SMILES string of the molecule is C/C=C\N(C)/N=C\C.C=CN(C)C(CC)=NC. The number of nitrogens with zero attached hydrogens (tertiary/aromatic N) is 4. The van der Waals surface area contributed by atoms with Crippen LogP contribution in [0.2, 0.25) is 0 Å². The molecule has 0 N–H and O–H groups in total. The van der Waals surface area contributed by atoms with Crippen LogP contribution in [-0.2, 0) is 0 Å². The summed E-state index contributed by atoms with van der Waals surface area (Å²) in [5, 5.41) is 5.69. The third-order valence-corrected chi connectivity index (χ3v) is 1.92. The maximum absolute atomic E-state index is 4.05. The van der Waals surface area contributed by atoms with Gasteiger partial charge in [-0.15, -0.1) is 0 Å². The summed E-state index contributed by atoms with van der Waals surface area (Å²) in [6, 6.07) is 0. The molecule has 0 aromatic rings. The van der Waals surface area contributed by atoms with E-state index in [2.05, 4.69) is 23.6 Å². The Labute approximate surface area is 106 Å². The topological polar surface area (TPSA) is 31.2 Å². The first-order valence-electron chi connectivity index (χ1n) is 5.72. The molecule has 0 spiro atoms. The van der Waals surface area contributed by atoms with Crippen molar-refractivity contribution in [3.8, 4) is 0 Å². The summed E-state index contributed by atoms with van der Waals surface area (Å²) >= 11 is 0. The van der Waals surface area contributed by atoms with E-state index in [4.69, 9.17) is 0 Å². The van der Waals surface area contributed by atoms with E-state index in [0.29, 0.717) is 0 Å². The average molecular weight is 238 g/mol. The molecule has 0 aliphatic carbocycles. The number of hydrogen-bond donors (Lipinski definition) is 0. The molecule has 4 nitrogen and oxygen atoms in total. The Morgan fingerprint density at radius 2 is 1.88 bits per heavy atom. The lowest BCUT2D eigenvalue weighted by molar-refractivity contribution is 0.492. The van der Waals surface area contributed by atoms with Gasteiger partial charge in [0.2, 0.25) is 0 Å². The van der Waals surface area contributed by atoms with Gasteiger partial charge >= 0.3 is 0 Å². The van der Waals surface area contributed by atoms with Crippen LogP contribution in [-0.4, -0.2) is 43.1 Å². The smallest absolute Gasteiger partial charge is 0.102 e. The van der Waals surface area contributed by atoms with Crippen molar-refractivity contribution >= 4 is 12.1 Å². The minimum Gasteiger partial charge on any atom is -0.340 e. The minimum absolute atomic E-state index is 0.957. The van der Waals surface area contributed by atoms with Crippen LogP contribution < -0.4 is 0 Å². The predicted molar refractivity (Wildman–Crippen MR) is 78.4 cm³/mol. The monoisotopic (exact) mass is 238 g/mol. The largest absolute Gasteiger partial charge is 0.340 e. The Kier molecular flexibility index (Phi) is 13.1. The van der Waals surface area contributed by atoms with E-state index in [1.54, 1.807) is 24.5 Å². The van der Waals surface area contributed by atoms with Crippen LogP contribution in [0.25, 0.3) is 0 Å². The van der Waals surface area contributed by atoms with Gasteiger partial charge in [-0.3, -0.25) is 10.0 Å². The van der Waals surface area contributed by atoms with Crippen molar-refractivity contribution in [2.24, 2.45) is 10.1 Å². The van der Waals surface area contributed by atoms with Crippen LogP contribution in [0.15, 0.2) is 35.1 Å². The molecule has 0 bridgehead atoms. The number of hydrazone groups is 1. The van der Waals surface area contributed by atoms with E-state index in [9.17, 15) is 0 Å². The molecule has 0 unspecified atom stereocenters. The molecule has 0 aromatic carbocycles. The fraction of sp³-hybridized carbons (Fsp3) is 0.538. The van der Waals surface area contributed by atoms with Crippen LogP contribution >= 0.6 is 0 Å². The van der Waals surface area contributed by atoms with Gasteiger partial charge in [-0.1, -0.05) is 19.6 Å². The summed E-state index contributed by atoms with van der Waals surface area (Å²) in [7, 11) is 5.62. The fourth-order valence-electron chi connectivity index (χ4n) is 1.11. The molecular formula is C13H26N4. The first kappa shape index (κ1) is 17.8. The van der Waals surface area contributed by atoms with E-state index in [0.717, 1.165) is 12.3 Å². The van der Waals surface area contributed by atoms with E-state index in [1.165, 1.54) is 0 Å². The van der Waals surface area contributed by atoms with Gasteiger partial charge < -0.3 is 4.90 Å². The maximum atomic E-state index is 4.05. The van der Waals surface area contributed by atoms with Gasteiger partial charge in [0.25, 0.3) is 0 Å². The molecule has 0 atom stereocenters. The number of hydrogen-bond acceptors (Lipinski definition) is 3. The van der Waals surface area contributed by atoms with Gasteiger partial charge in [-0.25, -0.2) is 0 Å². The Bertz CT molecular complexity index is 255. The van der Waals surface area contributed by atoms with E-state index in [-0.39, 0.29) is 0 Å². The van der Waals surface area contributed by atoms with Crippen LogP contribution in [0, 0.1) is 0 Å². The normalized spacial score (nSPS) is 11.3. The van der Waals surface area contributed by atoms with E-state index >= 15 is 0 Å². The number of allylic oxidation sites excluding steroid dienone is 1. The summed E-state index contributed by atoms with van der Waals surface area (Å²) in [4.78, 5) is 5.97. The van der Waals surface area contributed by atoms with Gasteiger partial charge in [0, 0.05) is 40.0 Å². The van der Waals surface area contributed by atoms with Crippen molar-refractivity contribution in [2.45, 2.75) is 27.2 Å². The Morgan fingerprint density at radius 1 is 1.29 bits per heavy atom. The molecule has 0 saturated heterocycles. The molecule has 0 aromatic heterocycles. The van der Waals surface area contributed by atoms with E-state index < -0.39 is 0 Å². The van der Waals surface area contributed by atoms with Gasteiger partial charge in [0.15, 0.2) is 0 Å². The molecule has 0 fully saturated rings. The molecular weight excluding hydrogens is 212 g/mol. The number of amidine groups is 1. The maximum Gasteiger partial charge on any atom is 0.102 e. The van der Waals surface area contributed by atoms with Crippen molar-refractivity contribution in [1.82, 2.24) is 9.91 Å². The summed E-state index contributed by atoms with van der Waals surface area (Å²) < 4.78 is 0. The third kappa shape index (κ3) is 10.7. The van der Waals surface area contributed by atoms with Crippen LogP contribution in [0.5, 0.6) is 0 Å². The second-order valence-corrected chi connectivity index (χ2v) is 3.22.